The number of rotatable bonds is 5. The monoisotopic (exact) mass is 460 g/mol. The third-order valence-corrected chi connectivity index (χ3v) is 7.27. The molecule has 0 bridgehead atoms. The second-order valence-corrected chi connectivity index (χ2v) is 9.71. The number of aromatic nitrogens is 2. The van der Waals surface area contributed by atoms with Gasteiger partial charge < -0.3 is 9.84 Å². The fraction of sp³-hybridized carbons (Fsp3) is 0.286. The van der Waals surface area contributed by atoms with E-state index in [4.69, 9.17) is 16.1 Å². The van der Waals surface area contributed by atoms with Gasteiger partial charge in [0.1, 0.15) is 10.9 Å². The van der Waals surface area contributed by atoms with Crippen LogP contribution in [-0.2, 0) is 14.8 Å². The predicted molar refractivity (Wildman–Crippen MR) is 116 cm³/mol. The van der Waals surface area contributed by atoms with Crippen LogP contribution in [0.4, 0.5) is 5.69 Å². The average molecular weight is 461 g/mol. The Hall–Kier alpha value is -2.75. The molecule has 1 atom stereocenters. The van der Waals surface area contributed by atoms with Crippen molar-refractivity contribution >= 4 is 33.2 Å². The van der Waals surface area contributed by atoms with E-state index in [1.165, 1.54) is 11.2 Å². The number of halogens is 1. The Morgan fingerprint density at radius 1 is 1.23 bits per heavy atom. The van der Waals surface area contributed by atoms with Crippen LogP contribution >= 0.6 is 11.6 Å². The van der Waals surface area contributed by atoms with E-state index in [0.717, 1.165) is 11.1 Å². The molecule has 0 saturated carbocycles. The molecule has 0 spiro atoms. The molecule has 4 rings (SSSR count). The Bertz CT molecular complexity index is 1220. The highest BCUT2D eigenvalue weighted by atomic mass is 35.5. The van der Waals surface area contributed by atoms with Crippen LogP contribution in [0, 0.1) is 6.92 Å². The van der Waals surface area contributed by atoms with Gasteiger partial charge in [-0.1, -0.05) is 22.8 Å². The molecule has 1 amide bonds. The van der Waals surface area contributed by atoms with Gasteiger partial charge in [0.2, 0.25) is 27.6 Å². The number of carbonyl (C=O) groups is 1. The van der Waals surface area contributed by atoms with Gasteiger partial charge in [0.25, 0.3) is 0 Å². The molecular formula is C21H21ClN4O4S. The minimum absolute atomic E-state index is 0.0482. The molecule has 1 aliphatic heterocycles. The molecule has 2 aromatic carbocycles. The molecule has 10 heteroatoms. The quantitative estimate of drug-likeness (QED) is 0.612. The molecule has 1 fully saturated rings. The van der Waals surface area contributed by atoms with Crippen LogP contribution < -0.4 is 5.32 Å². The summed E-state index contributed by atoms with van der Waals surface area (Å²) in [5, 5.41) is 7.21. The van der Waals surface area contributed by atoms with Gasteiger partial charge in [0.05, 0.1) is 5.69 Å². The second kappa shape index (κ2) is 8.41. The second-order valence-electron chi connectivity index (χ2n) is 7.42. The molecule has 1 saturated heterocycles. The number of nitrogens with one attached hydrogen (secondary N) is 1. The molecule has 1 aromatic heterocycles. The Kier molecular flexibility index (Phi) is 5.83. The van der Waals surface area contributed by atoms with Crippen molar-refractivity contribution in [3.05, 3.63) is 58.9 Å². The third kappa shape index (κ3) is 4.34. The van der Waals surface area contributed by atoms with E-state index in [0.29, 0.717) is 30.2 Å². The minimum atomic E-state index is -3.92. The molecular weight excluding hydrogens is 440 g/mol. The van der Waals surface area contributed by atoms with E-state index in [2.05, 4.69) is 15.5 Å². The van der Waals surface area contributed by atoms with Gasteiger partial charge in [0.15, 0.2) is 0 Å². The summed E-state index contributed by atoms with van der Waals surface area (Å²) < 4.78 is 33.9. The smallest absolute Gasteiger partial charge is 0.245 e. The van der Waals surface area contributed by atoms with Crippen LogP contribution in [-0.4, -0.2) is 35.3 Å². The molecule has 162 valence electrons. The Morgan fingerprint density at radius 3 is 2.68 bits per heavy atom. The molecule has 1 aliphatic rings. The van der Waals surface area contributed by atoms with Gasteiger partial charge in [-0.2, -0.15) is 9.29 Å². The zero-order valence-corrected chi connectivity index (χ0v) is 18.6. The maximum absolute atomic E-state index is 13.6. The Morgan fingerprint density at radius 2 is 1.97 bits per heavy atom. The van der Waals surface area contributed by atoms with Crippen LogP contribution in [0.15, 0.2) is 51.9 Å². The summed E-state index contributed by atoms with van der Waals surface area (Å²) in [5.74, 6) is 0.257. The first-order valence-electron chi connectivity index (χ1n) is 9.75. The summed E-state index contributed by atoms with van der Waals surface area (Å²) in [7, 11) is -3.92. The van der Waals surface area contributed by atoms with Crippen molar-refractivity contribution < 1.29 is 17.7 Å². The molecule has 31 heavy (non-hydrogen) atoms. The van der Waals surface area contributed by atoms with Gasteiger partial charge in [-0.3, -0.25) is 4.79 Å². The summed E-state index contributed by atoms with van der Waals surface area (Å²) in [6.45, 7) is 3.46. The third-order valence-electron chi connectivity index (χ3n) is 5.07. The maximum Gasteiger partial charge on any atom is 0.245 e. The van der Waals surface area contributed by atoms with Crippen LogP contribution in [0.1, 0.15) is 37.3 Å². The Balaban J connectivity index is 1.68. The fourth-order valence-corrected chi connectivity index (χ4v) is 5.63. The average Bonchev–Trinajstić information content (AvgIpc) is 3.39. The lowest BCUT2D eigenvalue weighted by molar-refractivity contribution is -0.114. The van der Waals surface area contributed by atoms with Crippen molar-refractivity contribution in [2.45, 2.75) is 37.6 Å². The largest absolute Gasteiger partial charge is 0.337 e. The van der Waals surface area contributed by atoms with Crippen molar-refractivity contribution in [3.63, 3.8) is 0 Å². The van der Waals surface area contributed by atoms with Crippen LogP contribution in [0.25, 0.3) is 11.4 Å². The summed E-state index contributed by atoms with van der Waals surface area (Å²) in [6, 6.07) is 11.3. The van der Waals surface area contributed by atoms with Crippen molar-refractivity contribution in [2.75, 3.05) is 11.9 Å². The number of benzene rings is 2. The van der Waals surface area contributed by atoms with Gasteiger partial charge in [-0.15, -0.1) is 0 Å². The highest BCUT2D eigenvalue weighted by Crippen LogP contribution is 2.38. The number of anilines is 1. The molecule has 8 nitrogen and oxygen atoms in total. The number of nitrogens with zero attached hydrogens (tertiary/aromatic N) is 3. The van der Waals surface area contributed by atoms with E-state index in [1.54, 1.807) is 49.4 Å². The summed E-state index contributed by atoms with van der Waals surface area (Å²) in [4.78, 5) is 16.1. The molecule has 0 unspecified atom stereocenters. The zero-order valence-electron chi connectivity index (χ0n) is 17.0. The van der Waals surface area contributed by atoms with Gasteiger partial charge in [-0.05, 0) is 61.7 Å². The summed E-state index contributed by atoms with van der Waals surface area (Å²) in [5.41, 5.74) is 1.74. The van der Waals surface area contributed by atoms with Gasteiger partial charge in [-0.25, -0.2) is 8.42 Å². The number of hydrogen-bond donors (Lipinski definition) is 1. The normalized spacial score (nSPS) is 17.1. The van der Waals surface area contributed by atoms with E-state index in [-0.39, 0.29) is 22.4 Å². The standard InChI is InChI=1S/C21H21ClN4O4S/c1-13-5-10-17(23-14(2)27)19(12-13)31(28,29)26-11-3-4-18(26)21-24-20(25-30-21)15-6-8-16(22)9-7-15/h5-10,12,18H,3-4,11H2,1-2H3,(H,23,27)/t18-/m0/s1. The lowest BCUT2D eigenvalue weighted by atomic mass is 10.2. The number of hydrogen-bond acceptors (Lipinski definition) is 6. The molecule has 0 aliphatic carbocycles. The topological polar surface area (TPSA) is 105 Å². The van der Waals surface area contributed by atoms with Gasteiger partial charge >= 0.3 is 0 Å². The van der Waals surface area contributed by atoms with E-state index < -0.39 is 16.1 Å². The number of aryl methyl sites for hydroxylation is 1. The number of sulfonamides is 1. The zero-order chi connectivity index (χ0) is 22.2. The first-order valence-corrected chi connectivity index (χ1v) is 11.6. The van der Waals surface area contributed by atoms with Crippen LogP contribution in [0.5, 0.6) is 0 Å². The van der Waals surface area contributed by atoms with Crippen molar-refractivity contribution in [1.29, 1.82) is 0 Å². The van der Waals surface area contributed by atoms with Crippen LogP contribution in [0.2, 0.25) is 5.02 Å². The number of carbonyl (C=O) groups excluding carboxylic acids is 1. The molecule has 1 N–H and O–H groups in total. The summed E-state index contributed by atoms with van der Waals surface area (Å²) >= 11 is 5.93. The first kappa shape index (κ1) is 21.5. The van der Waals surface area contributed by atoms with Crippen molar-refractivity contribution in [2.24, 2.45) is 0 Å². The maximum atomic E-state index is 13.6. The van der Waals surface area contributed by atoms with Crippen molar-refractivity contribution in [1.82, 2.24) is 14.4 Å². The SMILES string of the molecule is CC(=O)Nc1ccc(C)cc1S(=O)(=O)N1CCC[C@H]1c1nc(-c2ccc(Cl)cc2)no1. The lowest BCUT2D eigenvalue weighted by Crippen LogP contribution is -2.31. The Labute approximate surface area is 185 Å². The summed E-state index contributed by atoms with van der Waals surface area (Å²) in [6.07, 6.45) is 1.21. The van der Waals surface area contributed by atoms with E-state index in [1.807, 2.05) is 0 Å². The van der Waals surface area contributed by atoms with Gasteiger partial charge in [0, 0.05) is 24.1 Å². The molecule has 0 radical (unpaired) electrons. The van der Waals surface area contributed by atoms with E-state index >= 15 is 0 Å². The molecule has 2 heterocycles. The predicted octanol–water partition coefficient (Wildman–Crippen LogP) is 4.18. The van der Waals surface area contributed by atoms with Crippen molar-refractivity contribution in [3.8, 4) is 11.4 Å². The number of amides is 1. The highest BCUT2D eigenvalue weighted by molar-refractivity contribution is 7.89. The van der Waals surface area contributed by atoms with E-state index in [9.17, 15) is 13.2 Å². The highest BCUT2D eigenvalue weighted by Gasteiger charge is 2.40. The minimum Gasteiger partial charge on any atom is -0.337 e. The fourth-order valence-electron chi connectivity index (χ4n) is 3.62. The molecule has 3 aromatic rings. The van der Waals surface area contributed by atoms with Crippen LogP contribution in [0.3, 0.4) is 0 Å². The first-order chi connectivity index (χ1) is 14.8. The lowest BCUT2D eigenvalue weighted by Gasteiger charge is -2.23.